The number of anilines is 1. The topological polar surface area (TPSA) is 78.5 Å². The number of aryl methyl sites for hydroxylation is 1. The van der Waals surface area contributed by atoms with E-state index in [9.17, 15) is 13.2 Å². The van der Waals surface area contributed by atoms with Crippen LogP contribution in [0.1, 0.15) is 15.9 Å². The smallest absolute Gasteiger partial charge is 0.265 e. The molecule has 2 aromatic rings. The van der Waals surface area contributed by atoms with Crippen molar-refractivity contribution >= 4 is 21.6 Å². The third-order valence-corrected chi connectivity index (χ3v) is 4.45. The van der Waals surface area contributed by atoms with Crippen molar-refractivity contribution < 1.29 is 13.2 Å². The van der Waals surface area contributed by atoms with E-state index in [4.69, 9.17) is 0 Å². The standard InChI is InChI=1S/C16H19N3O3S/c1-12-4-8-14(9-5-12)18-23(21,22)15-10-6-13(7-11-15)16(20)17-19(2)3/h4-11,18H,1-3H3,(H,17,20). The van der Waals surface area contributed by atoms with Gasteiger partial charge in [-0.15, -0.1) is 0 Å². The fourth-order valence-corrected chi connectivity index (χ4v) is 2.95. The van der Waals surface area contributed by atoms with Gasteiger partial charge >= 0.3 is 0 Å². The number of carbonyl (C=O) groups excluding carboxylic acids is 1. The van der Waals surface area contributed by atoms with E-state index in [1.807, 2.05) is 19.1 Å². The van der Waals surface area contributed by atoms with Gasteiger partial charge in [-0.3, -0.25) is 14.9 Å². The summed E-state index contributed by atoms with van der Waals surface area (Å²) in [6.45, 7) is 1.93. The van der Waals surface area contributed by atoms with E-state index in [0.717, 1.165) is 5.56 Å². The fourth-order valence-electron chi connectivity index (χ4n) is 1.89. The minimum Gasteiger partial charge on any atom is -0.285 e. The minimum atomic E-state index is -3.68. The van der Waals surface area contributed by atoms with Gasteiger partial charge in [-0.1, -0.05) is 17.7 Å². The van der Waals surface area contributed by atoms with Crippen LogP contribution in [-0.2, 0) is 10.0 Å². The summed E-state index contributed by atoms with van der Waals surface area (Å²) in [5.74, 6) is -0.301. The maximum Gasteiger partial charge on any atom is 0.265 e. The monoisotopic (exact) mass is 333 g/mol. The molecule has 0 aromatic heterocycles. The lowest BCUT2D eigenvalue weighted by Crippen LogP contribution is -2.36. The Kier molecular flexibility index (Phi) is 5.02. The predicted octanol–water partition coefficient (Wildman–Crippen LogP) is 2.00. The van der Waals surface area contributed by atoms with Crippen LogP contribution >= 0.6 is 0 Å². The van der Waals surface area contributed by atoms with Gasteiger partial charge in [0.1, 0.15) is 0 Å². The largest absolute Gasteiger partial charge is 0.285 e. The van der Waals surface area contributed by atoms with E-state index in [1.165, 1.54) is 29.3 Å². The summed E-state index contributed by atoms with van der Waals surface area (Å²) in [5, 5.41) is 1.52. The molecule has 0 aliphatic heterocycles. The summed E-state index contributed by atoms with van der Waals surface area (Å²) in [7, 11) is -0.291. The van der Waals surface area contributed by atoms with E-state index in [1.54, 1.807) is 26.2 Å². The first-order valence-corrected chi connectivity index (χ1v) is 8.44. The molecule has 0 aliphatic carbocycles. The van der Waals surface area contributed by atoms with Gasteiger partial charge in [0.15, 0.2) is 0 Å². The van der Waals surface area contributed by atoms with Crippen molar-refractivity contribution in [2.75, 3.05) is 18.8 Å². The van der Waals surface area contributed by atoms with Crippen molar-refractivity contribution in [2.45, 2.75) is 11.8 Å². The zero-order valence-electron chi connectivity index (χ0n) is 13.2. The van der Waals surface area contributed by atoms with E-state index in [0.29, 0.717) is 11.3 Å². The van der Waals surface area contributed by atoms with Gasteiger partial charge < -0.3 is 0 Å². The van der Waals surface area contributed by atoms with Crippen LogP contribution in [0.25, 0.3) is 0 Å². The molecule has 0 saturated heterocycles. The minimum absolute atomic E-state index is 0.0967. The van der Waals surface area contributed by atoms with Gasteiger partial charge in [-0.05, 0) is 43.3 Å². The van der Waals surface area contributed by atoms with Crippen LogP contribution in [0, 0.1) is 6.92 Å². The lowest BCUT2D eigenvalue weighted by Gasteiger charge is -2.12. The number of amides is 1. The third kappa shape index (κ3) is 4.54. The first kappa shape index (κ1) is 17.0. The normalized spacial score (nSPS) is 11.3. The van der Waals surface area contributed by atoms with Crippen LogP contribution in [0.5, 0.6) is 0 Å². The highest BCUT2D eigenvalue weighted by Crippen LogP contribution is 2.17. The molecule has 0 unspecified atom stereocenters. The highest BCUT2D eigenvalue weighted by molar-refractivity contribution is 7.92. The molecule has 2 aromatic carbocycles. The van der Waals surface area contributed by atoms with Gasteiger partial charge in [0.05, 0.1) is 4.90 Å². The average molecular weight is 333 g/mol. The maximum absolute atomic E-state index is 12.3. The van der Waals surface area contributed by atoms with E-state index < -0.39 is 10.0 Å². The SMILES string of the molecule is Cc1ccc(NS(=O)(=O)c2ccc(C(=O)NN(C)C)cc2)cc1. The van der Waals surface area contributed by atoms with Crippen LogP contribution in [0.4, 0.5) is 5.69 Å². The van der Waals surface area contributed by atoms with Crippen molar-refractivity contribution in [3.05, 3.63) is 59.7 Å². The summed E-state index contributed by atoms with van der Waals surface area (Å²) in [6.07, 6.45) is 0. The molecule has 23 heavy (non-hydrogen) atoms. The molecule has 0 fully saturated rings. The maximum atomic E-state index is 12.3. The molecule has 6 nitrogen and oxygen atoms in total. The molecule has 1 amide bonds. The average Bonchev–Trinajstić information content (AvgIpc) is 2.49. The number of hydrazine groups is 1. The van der Waals surface area contributed by atoms with Crippen molar-refractivity contribution in [1.82, 2.24) is 10.4 Å². The van der Waals surface area contributed by atoms with E-state index >= 15 is 0 Å². The van der Waals surface area contributed by atoms with Crippen molar-refractivity contribution in [3.63, 3.8) is 0 Å². The van der Waals surface area contributed by atoms with E-state index in [2.05, 4.69) is 10.1 Å². The second-order valence-corrected chi connectivity index (χ2v) is 7.01. The number of rotatable bonds is 5. The van der Waals surface area contributed by atoms with Gasteiger partial charge in [-0.25, -0.2) is 13.4 Å². The molecule has 0 aliphatic rings. The number of hydrogen-bond acceptors (Lipinski definition) is 4. The Balaban J connectivity index is 2.17. The number of benzene rings is 2. The summed E-state index contributed by atoms with van der Waals surface area (Å²) in [6, 6.07) is 12.8. The van der Waals surface area contributed by atoms with Crippen LogP contribution in [0.2, 0.25) is 0 Å². The van der Waals surface area contributed by atoms with Crippen LogP contribution in [0.3, 0.4) is 0 Å². The summed E-state index contributed by atoms with van der Waals surface area (Å²) >= 11 is 0. The number of carbonyl (C=O) groups is 1. The third-order valence-electron chi connectivity index (χ3n) is 3.06. The first-order chi connectivity index (χ1) is 10.8. The second-order valence-electron chi connectivity index (χ2n) is 5.33. The lowest BCUT2D eigenvalue weighted by atomic mass is 10.2. The van der Waals surface area contributed by atoms with Crippen molar-refractivity contribution in [2.24, 2.45) is 0 Å². The van der Waals surface area contributed by atoms with Gasteiger partial charge in [0, 0.05) is 25.3 Å². The Bertz CT molecular complexity index is 782. The molecule has 0 spiro atoms. The molecular weight excluding hydrogens is 314 g/mol. The molecule has 122 valence electrons. The Morgan fingerprint density at radius 1 is 0.957 bits per heavy atom. The van der Waals surface area contributed by atoms with Gasteiger partial charge in [-0.2, -0.15) is 0 Å². The molecule has 0 atom stereocenters. The van der Waals surface area contributed by atoms with Crippen LogP contribution < -0.4 is 10.1 Å². The molecule has 0 heterocycles. The number of hydrogen-bond donors (Lipinski definition) is 2. The molecular formula is C16H19N3O3S. The van der Waals surface area contributed by atoms with Gasteiger partial charge in [0.2, 0.25) is 0 Å². The summed E-state index contributed by atoms with van der Waals surface area (Å²) < 4.78 is 27.2. The fraction of sp³-hybridized carbons (Fsp3) is 0.188. The number of nitrogens with one attached hydrogen (secondary N) is 2. The predicted molar refractivity (Wildman–Crippen MR) is 89.6 cm³/mol. The van der Waals surface area contributed by atoms with Gasteiger partial charge in [0.25, 0.3) is 15.9 Å². The number of nitrogens with zero attached hydrogens (tertiary/aromatic N) is 1. The van der Waals surface area contributed by atoms with Crippen molar-refractivity contribution in [3.8, 4) is 0 Å². The molecule has 7 heteroatoms. The Hall–Kier alpha value is -2.38. The highest BCUT2D eigenvalue weighted by Gasteiger charge is 2.15. The molecule has 2 N–H and O–H groups in total. The van der Waals surface area contributed by atoms with Crippen LogP contribution in [-0.4, -0.2) is 33.4 Å². The quantitative estimate of drug-likeness (QED) is 0.821. The van der Waals surface area contributed by atoms with Crippen molar-refractivity contribution in [1.29, 1.82) is 0 Å². The summed E-state index contributed by atoms with van der Waals surface area (Å²) in [4.78, 5) is 11.9. The van der Waals surface area contributed by atoms with Crippen LogP contribution in [0.15, 0.2) is 53.4 Å². The highest BCUT2D eigenvalue weighted by atomic mass is 32.2. The zero-order chi connectivity index (χ0) is 17.0. The zero-order valence-corrected chi connectivity index (χ0v) is 14.0. The Morgan fingerprint density at radius 3 is 2.04 bits per heavy atom. The molecule has 2 rings (SSSR count). The first-order valence-electron chi connectivity index (χ1n) is 6.96. The Labute approximate surface area is 136 Å². The second kappa shape index (κ2) is 6.80. The number of sulfonamides is 1. The lowest BCUT2D eigenvalue weighted by molar-refractivity contribution is 0.0857. The van der Waals surface area contributed by atoms with E-state index in [-0.39, 0.29) is 10.8 Å². The Morgan fingerprint density at radius 2 is 1.52 bits per heavy atom. The molecule has 0 radical (unpaired) electrons. The molecule has 0 saturated carbocycles. The summed E-state index contributed by atoms with van der Waals surface area (Å²) in [5.41, 5.74) is 4.51. The molecule has 0 bridgehead atoms.